The second-order valence-electron chi connectivity index (χ2n) is 8.33. The van der Waals surface area contributed by atoms with Crippen molar-refractivity contribution in [2.24, 2.45) is 5.92 Å². The number of benzene rings is 2. The number of hydrogen-bond acceptors (Lipinski definition) is 3. The van der Waals surface area contributed by atoms with Crippen LogP contribution in [0.5, 0.6) is 0 Å². The monoisotopic (exact) mass is 426 g/mol. The van der Waals surface area contributed by atoms with Gasteiger partial charge in [-0.3, -0.25) is 4.79 Å². The molecule has 0 radical (unpaired) electrons. The third kappa shape index (κ3) is 5.96. The van der Waals surface area contributed by atoms with Gasteiger partial charge >= 0.3 is 6.03 Å². The molecule has 7 heteroatoms. The Morgan fingerprint density at radius 2 is 1.81 bits per heavy atom. The van der Waals surface area contributed by atoms with Crippen LogP contribution in [-0.4, -0.2) is 37.0 Å². The number of halogens is 1. The van der Waals surface area contributed by atoms with Crippen LogP contribution in [0.25, 0.3) is 0 Å². The first-order valence-corrected chi connectivity index (χ1v) is 10.7. The van der Waals surface area contributed by atoms with Crippen LogP contribution < -0.4 is 15.5 Å². The van der Waals surface area contributed by atoms with E-state index in [1.165, 1.54) is 12.1 Å². The van der Waals surface area contributed by atoms with Crippen LogP contribution in [0, 0.1) is 11.7 Å². The largest absolute Gasteiger partial charge is 0.377 e. The van der Waals surface area contributed by atoms with Crippen LogP contribution in [0.1, 0.15) is 38.7 Å². The molecule has 31 heavy (non-hydrogen) atoms. The average Bonchev–Trinajstić information content (AvgIpc) is 3.57. The Bertz CT molecular complexity index is 943. The summed E-state index contributed by atoms with van der Waals surface area (Å²) in [6.45, 7) is 4.36. The summed E-state index contributed by atoms with van der Waals surface area (Å²) in [5, 5.41) is 5.78. The average molecular weight is 427 g/mol. The van der Waals surface area contributed by atoms with Crippen LogP contribution >= 0.6 is 0 Å². The first-order chi connectivity index (χ1) is 14.8. The minimum absolute atomic E-state index is 0.0340. The molecule has 0 bridgehead atoms. The Labute approximate surface area is 183 Å². The van der Waals surface area contributed by atoms with Crippen molar-refractivity contribution in [1.29, 1.82) is 0 Å². The molecule has 0 aliphatic heterocycles. The molecule has 0 unspecified atom stereocenters. The van der Waals surface area contributed by atoms with Crippen molar-refractivity contribution in [3.63, 3.8) is 0 Å². The second kappa shape index (κ2) is 9.81. The van der Waals surface area contributed by atoms with Gasteiger partial charge < -0.3 is 20.4 Å². The van der Waals surface area contributed by atoms with E-state index in [-0.39, 0.29) is 23.9 Å². The van der Waals surface area contributed by atoms with Gasteiger partial charge in [-0.25, -0.2) is 9.18 Å². The molecular formula is C24H31FN4O2. The van der Waals surface area contributed by atoms with E-state index in [0.29, 0.717) is 12.2 Å². The van der Waals surface area contributed by atoms with Crippen LogP contribution in [-0.2, 0) is 11.3 Å². The molecule has 166 valence electrons. The van der Waals surface area contributed by atoms with Gasteiger partial charge in [-0.05, 0) is 68.1 Å². The number of carbonyl (C=O) groups is 2. The summed E-state index contributed by atoms with van der Waals surface area (Å²) in [5.41, 5.74) is 3.04. The smallest absolute Gasteiger partial charge is 0.322 e. The van der Waals surface area contributed by atoms with Crippen molar-refractivity contribution in [2.45, 2.75) is 45.7 Å². The number of amides is 3. The molecule has 2 aromatic rings. The molecule has 0 heterocycles. The maximum Gasteiger partial charge on any atom is 0.322 e. The van der Waals surface area contributed by atoms with Crippen molar-refractivity contribution in [3.8, 4) is 0 Å². The van der Waals surface area contributed by atoms with Gasteiger partial charge in [-0.15, -0.1) is 0 Å². The summed E-state index contributed by atoms with van der Waals surface area (Å²) in [7, 11) is 3.89. The van der Waals surface area contributed by atoms with Crippen LogP contribution in [0.2, 0.25) is 0 Å². The molecule has 1 saturated carbocycles. The van der Waals surface area contributed by atoms with Gasteiger partial charge in [0, 0.05) is 49.7 Å². The molecule has 1 aliphatic carbocycles. The number of nitrogens with one attached hydrogen (secondary N) is 2. The summed E-state index contributed by atoms with van der Waals surface area (Å²) >= 11 is 0. The molecule has 0 spiro atoms. The highest BCUT2D eigenvalue weighted by molar-refractivity contribution is 5.94. The Kier molecular flexibility index (Phi) is 7.15. The highest BCUT2D eigenvalue weighted by Crippen LogP contribution is 2.31. The third-order valence-electron chi connectivity index (χ3n) is 5.58. The number of anilines is 3. The van der Waals surface area contributed by atoms with E-state index in [1.807, 2.05) is 51.0 Å². The van der Waals surface area contributed by atoms with E-state index in [4.69, 9.17) is 0 Å². The van der Waals surface area contributed by atoms with Crippen molar-refractivity contribution >= 4 is 29.0 Å². The van der Waals surface area contributed by atoms with Crippen LogP contribution in [0.4, 0.5) is 26.2 Å². The summed E-state index contributed by atoms with van der Waals surface area (Å²) < 4.78 is 13.5. The minimum atomic E-state index is -0.401. The lowest BCUT2D eigenvalue weighted by Gasteiger charge is -2.31. The fourth-order valence-electron chi connectivity index (χ4n) is 3.41. The van der Waals surface area contributed by atoms with Crippen molar-refractivity contribution < 1.29 is 14.0 Å². The molecule has 6 nitrogen and oxygen atoms in total. The zero-order chi connectivity index (χ0) is 22.5. The number of hydrogen-bond donors (Lipinski definition) is 2. The Morgan fingerprint density at radius 1 is 1.10 bits per heavy atom. The second-order valence-corrected chi connectivity index (χ2v) is 8.33. The van der Waals surface area contributed by atoms with Gasteiger partial charge in [0.25, 0.3) is 0 Å². The van der Waals surface area contributed by atoms with Gasteiger partial charge in [0.1, 0.15) is 5.82 Å². The van der Waals surface area contributed by atoms with Gasteiger partial charge in [-0.2, -0.15) is 0 Å². The molecule has 0 saturated heterocycles. The normalized spacial score (nSPS) is 14.0. The molecule has 1 atom stereocenters. The van der Waals surface area contributed by atoms with Crippen molar-refractivity contribution in [1.82, 2.24) is 4.90 Å². The predicted octanol–water partition coefficient (Wildman–Crippen LogP) is 5.07. The number of nitrogens with zero attached hydrogens (tertiary/aromatic N) is 2. The van der Waals surface area contributed by atoms with E-state index in [1.54, 1.807) is 17.0 Å². The lowest BCUT2D eigenvalue weighted by Crippen LogP contribution is -2.41. The van der Waals surface area contributed by atoms with Crippen LogP contribution in [0.15, 0.2) is 42.5 Å². The van der Waals surface area contributed by atoms with E-state index in [2.05, 4.69) is 10.6 Å². The van der Waals surface area contributed by atoms with Crippen LogP contribution in [0.3, 0.4) is 0 Å². The lowest BCUT2D eigenvalue weighted by atomic mass is 10.1. The zero-order valence-electron chi connectivity index (χ0n) is 18.6. The first kappa shape index (κ1) is 22.6. The Balaban J connectivity index is 1.84. The van der Waals surface area contributed by atoms with E-state index >= 15 is 0 Å². The summed E-state index contributed by atoms with van der Waals surface area (Å²) in [4.78, 5) is 29.0. The van der Waals surface area contributed by atoms with Gasteiger partial charge in [0.15, 0.2) is 0 Å². The number of rotatable bonds is 8. The van der Waals surface area contributed by atoms with Crippen molar-refractivity contribution in [3.05, 3.63) is 53.8 Å². The topological polar surface area (TPSA) is 64.7 Å². The molecule has 3 amide bonds. The Morgan fingerprint density at radius 3 is 2.42 bits per heavy atom. The molecular weight excluding hydrogens is 395 g/mol. The quantitative estimate of drug-likeness (QED) is 0.619. The first-order valence-electron chi connectivity index (χ1n) is 10.7. The van der Waals surface area contributed by atoms with E-state index < -0.39 is 5.82 Å². The summed E-state index contributed by atoms with van der Waals surface area (Å²) in [6.07, 6.45) is 2.65. The maximum atomic E-state index is 13.5. The molecule has 0 aromatic heterocycles. The molecule has 1 aliphatic rings. The van der Waals surface area contributed by atoms with E-state index in [0.717, 1.165) is 36.2 Å². The molecule has 2 N–H and O–H groups in total. The highest BCUT2D eigenvalue weighted by atomic mass is 19.1. The summed E-state index contributed by atoms with van der Waals surface area (Å²) in [5.74, 6) is -0.237. The van der Waals surface area contributed by atoms with Crippen molar-refractivity contribution in [2.75, 3.05) is 29.6 Å². The van der Waals surface area contributed by atoms with Gasteiger partial charge in [-0.1, -0.05) is 13.0 Å². The molecule has 1 fully saturated rings. The Hall–Kier alpha value is -3.09. The summed E-state index contributed by atoms with van der Waals surface area (Å²) in [6, 6.07) is 11.3. The van der Waals surface area contributed by atoms with Gasteiger partial charge in [0.2, 0.25) is 5.91 Å². The maximum absolute atomic E-state index is 13.5. The van der Waals surface area contributed by atoms with E-state index in [9.17, 15) is 14.0 Å². The minimum Gasteiger partial charge on any atom is -0.377 e. The molecule has 2 aromatic carbocycles. The molecule has 3 rings (SSSR count). The van der Waals surface area contributed by atoms with Gasteiger partial charge in [0.05, 0.1) is 0 Å². The fourth-order valence-corrected chi connectivity index (χ4v) is 3.41. The standard InChI is InChI=1S/C24H31FN4O2/c1-5-16(2)29(24(31)27-20-8-6-7-19(25)14-20)15-18-13-21(11-12-22(18)28(3)4)26-23(30)17-9-10-17/h6-8,11-14,16-17H,5,9-10,15H2,1-4H3,(H,26,30)(H,27,31)/t16-/m0/s1. The zero-order valence-corrected chi connectivity index (χ0v) is 18.6. The lowest BCUT2D eigenvalue weighted by molar-refractivity contribution is -0.117. The number of carbonyl (C=O) groups excluding carboxylic acids is 2. The fraction of sp³-hybridized carbons (Fsp3) is 0.417. The predicted molar refractivity (Wildman–Crippen MR) is 123 cm³/mol. The number of urea groups is 1. The SMILES string of the molecule is CC[C@H](C)N(Cc1cc(NC(=O)C2CC2)ccc1N(C)C)C(=O)Nc1cccc(F)c1. The third-order valence-corrected chi connectivity index (χ3v) is 5.58. The highest BCUT2D eigenvalue weighted by Gasteiger charge is 2.30.